The van der Waals surface area contributed by atoms with Gasteiger partial charge in [0.25, 0.3) is 5.91 Å². The highest BCUT2D eigenvalue weighted by molar-refractivity contribution is 5.89. The fourth-order valence-electron chi connectivity index (χ4n) is 3.40. The van der Waals surface area contributed by atoms with E-state index in [2.05, 4.69) is 15.3 Å². The van der Waals surface area contributed by atoms with Crippen molar-refractivity contribution in [3.8, 4) is 0 Å². The summed E-state index contributed by atoms with van der Waals surface area (Å²) in [5.41, 5.74) is 12.8. The minimum Gasteiger partial charge on any atom is -0.436 e. The maximum absolute atomic E-state index is 13.0. The number of primary amides is 1. The molecular weight excluding hydrogens is 400 g/mol. The summed E-state index contributed by atoms with van der Waals surface area (Å²) in [6.45, 7) is 0.951. The molecule has 1 unspecified atom stereocenters. The average Bonchev–Trinajstić information content (AvgIpc) is 3.27. The molecule has 1 aromatic carbocycles. The number of H-pyrrole nitrogens is 1. The summed E-state index contributed by atoms with van der Waals surface area (Å²) in [5, 5.41) is 2.61. The van der Waals surface area contributed by atoms with Gasteiger partial charge in [-0.05, 0) is 18.4 Å². The highest BCUT2D eigenvalue weighted by Gasteiger charge is 2.30. The number of rotatable bonds is 8. The smallest absolute Gasteiger partial charge is 0.410 e. The number of hydrogen-bond donors (Lipinski definition) is 4. The summed E-state index contributed by atoms with van der Waals surface area (Å²) in [7, 11) is 0. The number of ether oxygens (including phenoxy) is 1. The topological polar surface area (TPSA) is 156 Å². The van der Waals surface area contributed by atoms with Crippen LogP contribution < -0.4 is 16.8 Å². The van der Waals surface area contributed by atoms with Crippen LogP contribution in [0.15, 0.2) is 42.9 Å². The summed E-state index contributed by atoms with van der Waals surface area (Å²) in [4.78, 5) is 45.9. The van der Waals surface area contributed by atoms with Crippen LogP contribution in [0.5, 0.6) is 0 Å². The van der Waals surface area contributed by atoms with Crippen LogP contribution in [0.25, 0.3) is 0 Å². The predicted molar refractivity (Wildman–Crippen MR) is 113 cm³/mol. The van der Waals surface area contributed by atoms with Gasteiger partial charge in [-0.2, -0.15) is 0 Å². The molecule has 0 spiro atoms. The van der Waals surface area contributed by atoms with Crippen molar-refractivity contribution in [3.05, 3.63) is 54.1 Å². The second kappa shape index (κ2) is 10.6. The van der Waals surface area contributed by atoms with Crippen LogP contribution in [0.3, 0.4) is 0 Å². The molecule has 0 saturated carbocycles. The van der Waals surface area contributed by atoms with E-state index in [1.54, 1.807) is 11.1 Å². The van der Waals surface area contributed by atoms with Crippen molar-refractivity contribution in [2.45, 2.75) is 43.9 Å². The second-order valence-electron chi connectivity index (χ2n) is 7.63. The maximum Gasteiger partial charge on any atom is 0.410 e. The maximum atomic E-state index is 13.0. The first-order chi connectivity index (χ1) is 14.9. The fourth-order valence-corrected chi connectivity index (χ4v) is 3.40. The van der Waals surface area contributed by atoms with E-state index >= 15 is 0 Å². The quantitative estimate of drug-likeness (QED) is 0.467. The molecule has 0 aliphatic carbocycles. The van der Waals surface area contributed by atoms with E-state index in [0.717, 1.165) is 5.56 Å². The molecule has 3 rings (SSSR count). The average molecular weight is 428 g/mol. The number of nitrogens with one attached hydrogen (secondary N) is 2. The number of aromatic nitrogens is 2. The zero-order valence-electron chi connectivity index (χ0n) is 17.2. The number of nitrogens with zero attached hydrogens (tertiary/aromatic N) is 2. The standard InChI is InChI=1S/C21H28N6O4/c22-15-6-8-27(9-7-15)21(30)31-18(10-14-4-2-1-3-5-14)20(29)26-17(19(23)28)11-16-12-24-13-25-16/h1-5,12-13,15,17-18H,6-11,22H2,(H2,23,28)(H,24,25)(H,26,29)/t17-,18?/m0/s1. The molecule has 2 atom stereocenters. The summed E-state index contributed by atoms with van der Waals surface area (Å²) < 4.78 is 5.57. The van der Waals surface area contributed by atoms with Gasteiger partial charge in [0.2, 0.25) is 5.91 Å². The monoisotopic (exact) mass is 428 g/mol. The summed E-state index contributed by atoms with van der Waals surface area (Å²) in [5.74, 6) is -1.29. The van der Waals surface area contributed by atoms with Gasteiger partial charge in [0, 0.05) is 43.9 Å². The number of hydrogen-bond acceptors (Lipinski definition) is 6. The number of carbonyl (C=O) groups excluding carboxylic acids is 3. The SMILES string of the molecule is NC(=O)[C@H](Cc1cnc[nH]1)NC(=O)C(Cc1ccccc1)OC(=O)N1CCC(N)CC1. The Kier molecular flexibility index (Phi) is 7.60. The van der Waals surface area contributed by atoms with E-state index in [9.17, 15) is 14.4 Å². The molecule has 0 bridgehead atoms. The van der Waals surface area contributed by atoms with E-state index in [1.165, 1.54) is 6.33 Å². The molecule has 2 aromatic rings. The summed E-state index contributed by atoms with van der Waals surface area (Å²) in [6.07, 6.45) is 3.00. The molecule has 0 radical (unpaired) electrons. The van der Waals surface area contributed by atoms with Crippen LogP contribution >= 0.6 is 0 Å². The predicted octanol–water partition coefficient (Wildman–Crippen LogP) is 0.0933. The molecule has 1 aromatic heterocycles. The Morgan fingerprint density at radius 2 is 1.90 bits per heavy atom. The number of aromatic amines is 1. The lowest BCUT2D eigenvalue weighted by atomic mass is 10.1. The van der Waals surface area contributed by atoms with E-state index in [1.807, 2.05) is 30.3 Å². The van der Waals surface area contributed by atoms with Gasteiger partial charge >= 0.3 is 6.09 Å². The lowest BCUT2D eigenvalue weighted by Crippen LogP contribution is -2.52. The Hall–Kier alpha value is -3.40. The number of piperidine rings is 1. The van der Waals surface area contributed by atoms with Crippen LogP contribution in [0.4, 0.5) is 4.79 Å². The third-order valence-corrected chi connectivity index (χ3v) is 5.24. The first-order valence-electron chi connectivity index (χ1n) is 10.2. The minimum absolute atomic E-state index is 0.0614. The number of imidazole rings is 1. The summed E-state index contributed by atoms with van der Waals surface area (Å²) in [6, 6.07) is 8.29. The number of nitrogens with two attached hydrogens (primary N) is 2. The van der Waals surface area contributed by atoms with Crippen LogP contribution in [-0.4, -0.2) is 64.1 Å². The lowest BCUT2D eigenvalue weighted by Gasteiger charge is -2.31. The van der Waals surface area contributed by atoms with Crippen LogP contribution in [0, 0.1) is 0 Å². The highest BCUT2D eigenvalue weighted by Crippen LogP contribution is 2.13. The van der Waals surface area contributed by atoms with E-state index < -0.39 is 30.1 Å². The van der Waals surface area contributed by atoms with Gasteiger partial charge in [-0.25, -0.2) is 9.78 Å². The van der Waals surface area contributed by atoms with Crippen molar-refractivity contribution in [2.75, 3.05) is 13.1 Å². The molecule has 10 heteroatoms. The Balaban J connectivity index is 1.70. The third kappa shape index (κ3) is 6.54. The normalized spacial score (nSPS) is 16.4. The first kappa shape index (κ1) is 22.3. The molecular formula is C21H28N6O4. The lowest BCUT2D eigenvalue weighted by molar-refractivity contribution is -0.133. The van der Waals surface area contributed by atoms with Gasteiger partial charge in [-0.3, -0.25) is 9.59 Å². The number of carbonyl (C=O) groups is 3. The molecule has 166 valence electrons. The number of amides is 3. The van der Waals surface area contributed by atoms with Gasteiger partial charge in [-0.1, -0.05) is 30.3 Å². The van der Waals surface area contributed by atoms with Crippen molar-refractivity contribution in [1.82, 2.24) is 20.2 Å². The molecule has 1 aliphatic heterocycles. The van der Waals surface area contributed by atoms with Gasteiger partial charge in [0.1, 0.15) is 6.04 Å². The minimum atomic E-state index is -1.12. The second-order valence-corrected chi connectivity index (χ2v) is 7.63. The molecule has 2 heterocycles. The first-order valence-corrected chi connectivity index (χ1v) is 10.2. The molecule has 6 N–H and O–H groups in total. The largest absolute Gasteiger partial charge is 0.436 e. The Morgan fingerprint density at radius 1 is 1.19 bits per heavy atom. The van der Waals surface area contributed by atoms with Gasteiger partial charge in [0.15, 0.2) is 6.10 Å². The van der Waals surface area contributed by atoms with Crippen molar-refractivity contribution in [1.29, 1.82) is 0 Å². The Morgan fingerprint density at radius 3 is 2.52 bits per heavy atom. The highest BCUT2D eigenvalue weighted by atomic mass is 16.6. The molecule has 31 heavy (non-hydrogen) atoms. The van der Waals surface area contributed by atoms with Crippen LogP contribution in [0.2, 0.25) is 0 Å². The van der Waals surface area contributed by atoms with Gasteiger partial charge in [-0.15, -0.1) is 0 Å². The van der Waals surface area contributed by atoms with Crippen LogP contribution in [-0.2, 0) is 27.2 Å². The Labute approximate surface area is 180 Å². The van der Waals surface area contributed by atoms with E-state index in [0.29, 0.717) is 31.6 Å². The van der Waals surface area contributed by atoms with E-state index in [-0.39, 0.29) is 18.9 Å². The zero-order chi connectivity index (χ0) is 22.2. The zero-order valence-corrected chi connectivity index (χ0v) is 17.2. The molecule has 3 amide bonds. The third-order valence-electron chi connectivity index (χ3n) is 5.24. The number of benzene rings is 1. The molecule has 10 nitrogen and oxygen atoms in total. The van der Waals surface area contributed by atoms with Crippen molar-refractivity contribution in [3.63, 3.8) is 0 Å². The molecule has 1 fully saturated rings. The molecule has 1 aliphatic rings. The number of likely N-dealkylation sites (tertiary alicyclic amines) is 1. The van der Waals surface area contributed by atoms with Crippen molar-refractivity contribution >= 4 is 17.9 Å². The van der Waals surface area contributed by atoms with Crippen molar-refractivity contribution < 1.29 is 19.1 Å². The van der Waals surface area contributed by atoms with Gasteiger partial charge < -0.3 is 31.4 Å². The van der Waals surface area contributed by atoms with Crippen molar-refractivity contribution in [2.24, 2.45) is 11.5 Å². The van der Waals surface area contributed by atoms with Gasteiger partial charge in [0.05, 0.1) is 6.33 Å². The Bertz CT molecular complexity index is 865. The summed E-state index contributed by atoms with van der Waals surface area (Å²) >= 11 is 0. The molecule has 1 saturated heterocycles. The fraction of sp³-hybridized carbons (Fsp3) is 0.429. The van der Waals surface area contributed by atoms with E-state index in [4.69, 9.17) is 16.2 Å². The van der Waals surface area contributed by atoms with Crippen LogP contribution in [0.1, 0.15) is 24.1 Å².